The van der Waals surface area contributed by atoms with Crippen LogP contribution in [-0.2, 0) is 28.6 Å². The van der Waals surface area contributed by atoms with Crippen molar-refractivity contribution in [3.05, 3.63) is 97.2 Å². The average molecular weight is 1160 g/mol. The van der Waals surface area contributed by atoms with Crippen LogP contribution >= 0.6 is 0 Å². The van der Waals surface area contributed by atoms with Gasteiger partial charge in [0.15, 0.2) is 6.10 Å². The maximum atomic E-state index is 12.9. The molecule has 0 saturated carbocycles. The lowest BCUT2D eigenvalue weighted by Gasteiger charge is -2.18. The second kappa shape index (κ2) is 70.8. The van der Waals surface area contributed by atoms with Crippen LogP contribution in [0.2, 0.25) is 0 Å². The van der Waals surface area contributed by atoms with Crippen LogP contribution in [0, 0.1) is 0 Å². The molecule has 0 radical (unpaired) electrons. The van der Waals surface area contributed by atoms with Crippen molar-refractivity contribution in [1.29, 1.82) is 0 Å². The minimum atomic E-state index is -0.787. The lowest BCUT2D eigenvalue weighted by Crippen LogP contribution is -2.30. The van der Waals surface area contributed by atoms with Crippen molar-refractivity contribution in [1.82, 2.24) is 0 Å². The van der Waals surface area contributed by atoms with E-state index in [1.54, 1.807) is 0 Å². The smallest absolute Gasteiger partial charge is 0.306 e. The molecule has 0 saturated heterocycles. The molecular formula is C77H134O6. The molecule has 0 aromatic rings. The standard InChI is InChI=1S/C77H134O6/c1-4-7-10-13-16-19-22-25-28-30-32-33-34-35-36-37-38-39-40-41-42-43-44-45-46-48-49-52-55-58-61-64-67-70-76(79)82-73-74(72-81-75(78)69-66-63-60-57-54-51-27-24-21-18-15-12-9-6-3)83-77(80)71-68-65-62-59-56-53-50-47-31-29-26-23-20-17-14-11-8-5-2/h7,10,15-16,18-20,23-25,27-29,31-33,74H,4-6,8-9,11-14,17,21-22,26,30,34-73H2,1-3H3/b10-7-,18-15-,19-16-,23-20-,27-24-,28-25-,31-29-,33-32-. The number of ether oxygens (including phenoxy) is 3. The lowest BCUT2D eigenvalue weighted by molar-refractivity contribution is -0.167. The van der Waals surface area contributed by atoms with Gasteiger partial charge in [-0.2, -0.15) is 0 Å². The van der Waals surface area contributed by atoms with E-state index in [0.717, 1.165) is 116 Å². The van der Waals surface area contributed by atoms with E-state index in [9.17, 15) is 14.4 Å². The number of hydrogen-bond donors (Lipinski definition) is 0. The van der Waals surface area contributed by atoms with Gasteiger partial charge in [-0.15, -0.1) is 0 Å². The summed E-state index contributed by atoms with van der Waals surface area (Å²) in [6.45, 7) is 6.49. The van der Waals surface area contributed by atoms with Crippen molar-refractivity contribution in [2.75, 3.05) is 13.2 Å². The quantitative estimate of drug-likeness (QED) is 0.0261. The molecule has 0 heterocycles. The third-order valence-electron chi connectivity index (χ3n) is 15.5. The zero-order valence-corrected chi connectivity index (χ0v) is 54.9. The first kappa shape index (κ1) is 79.3. The molecule has 0 fully saturated rings. The zero-order chi connectivity index (χ0) is 59.9. The Morgan fingerprint density at radius 1 is 0.253 bits per heavy atom. The van der Waals surface area contributed by atoms with Gasteiger partial charge in [0.25, 0.3) is 0 Å². The summed E-state index contributed by atoms with van der Waals surface area (Å²) in [5, 5.41) is 0. The maximum absolute atomic E-state index is 12.9. The maximum Gasteiger partial charge on any atom is 0.306 e. The Hall–Kier alpha value is -3.67. The molecule has 6 heteroatoms. The first-order valence-electron chi connectivity index (χ1n) is 35.7. The van der Waals surface area contributed by atoms with Crippen molar-refractivity contribution < 1.29 is 28.6 Å². The normalized spacial score (nSPS) is 12.7. The Labute approximate surface area is 515 Å². The number of allylic oxidation sites excluding steroid dienone is 16. The van der Waals surface area contributed by atoms with E-state index < -0.39 is 6.10 Å². The van der Waals surface area contributed by atoms with Crippen LogP contribution in [0.5, 0.6) is 0 Å². The summed E-state index contributed by atoms with van der Waals surface area (Å²) in [7, 11) is 0. The summed E-state index contributed by atoms with van der Waals surface area (Å²) in [5.41, 5.74) is 0. The van der Waals surface area contributed by atoms with E-state index in [-0.39, 0.29) is 31.1 Å². The molecule has 0 aliphatic heterocycles. The van der Waals surface area contributed by atoms with Crippen LogP contribution in [0.25, 0.3) is 0 Å². The van der Waals surface area contributed by atoms with Crippen molar-refractivity contribution in [2.24, 2.45) is 0 Å². The molecule has 0 spiro atoms. The van der Waals surface area contributed by atoms with E-state index in [2.05, 4.69) is 118 Å². The van der Waals surface area contributed by atoms with Crippen LogP contribution < -0.4 is 0 Å². The van der Waals surface area contributed by atoms with Gasteiger partial charge in [-0.05, 0) is 116 Å². The van der Waals surface area contributed by atoms with Gasteiger partial charge in [0, 0.05) is 19.3 Å². The van der Waals surface area contributed by atoms with Gasteiger partial charge in [-0.1, -0.05) is 317 Å². The minimum absolute atomic E-state index is 0.0816. The van der Waals surface area contributed by atoms with Crippen LogP contribution in [0.15, 0.2) is 97.2 Å². The van der Waals surface area contributed by atoms with E-state index in [4.69, 9.17) is 14.2 Å². The number of carbonyl (C=O) groups excluding carboxylic acids is 3. The molecule has 0 rings (SSSR count). The fourth-order valence-corrected chi connectivity index (χ4v) is 10.2. The Morgan fingerprint density at radius 3 is 0.771 bits per heavy atom. The molecule has 0 aliphatic carbocycles. The SMILES string of the molecule is CC/C=C\C/C=C\C/C=C\C/C=C\CCCCCCCCCCCCCCCCCCCCCCC(=O)OCC(COC(=O)CCCCCCC/C=C\C/C=C\CCCC)OC(=O)CCCCCCCCC/C=C\C/C=C\CCCCCC. The molecule has 1 unspecified atom stereocenters. The molecule has 6 nitrogen and oxygen atoms in total. The summed E-state index contributed by atoms with van der Waals surface area (Å²) >= 11 is 0. The molecule has 0 amide bonds. The third kappa shape index (κ3) is 69.0. The van der Waals surface area contributed by atoms with E-state index in [0.29, 0.717) is 19.3 Å². The summed E-state index contributed by atoms with van der Waals surface area (Å²) in [5.74, 6) is -0.887. The van der Waals surface area contributed by atoms with Crippen molar-refractivity contribution in [3.8, 4) is 0 Å². The topological polar surface area (TPSA) is 78.9 Å². The fourth-order valence-electron chi connectivity index (χ4n) is 10.2. The minimum Gasteiger partial charge on any atom is -0.462 e. The third-order valence-corrected chi connectivity index (χ3v) is 15.5. The van der Waals surface area contributed by atoms with E-state index in [1.165, 1.54) is 199 Å². The molecular weight excluding hydrogens is 1020 g/mol. The Balaban J connectivity index is 4.19. The number of unbranched alkanes of at least 4 members (excludes halogenated alkanes) is 38. The fraction of sp³-hybridized carbons (Fsp3) is 0.753. The van der Waals surface area contributed by atoms with Gasteiger partial charge in [0.05, 0.1) is 0 Å². The predicted molar refractivity (Wildman–Crippen MR) is 362 cm³/mol. The van der Waals surface area contributed by atoms with Crippen LogP contribution in [-0.4, -0.2) is 37.2 Å². The van der Waals surface area contributed by atoms with Crippen molar-refractivity contribution in [3.63, 3.8) is 0 Å². The summed E-state index contributed by atoms with van der Waals surface area (Å²) < 4.78 is 17.0. The highest BCUT2D eigenvalue weighted by Gasteiger charge is 2.19. The molecule has 0 bridgehead atoms. The summed E-state index contributed by atoms with van der Waals surface area (Å²) in [6, 6.07) is 0. The van der Waals surface area contributed by atoms with Crippen molar-refractivity contribution >= 4 is 17.9 Å². The van der Waals surface area contributed by atoms with E-state index in [1.807, 2.05) is 0 Å². The monoisotopic (exact) mass is 1160 g/mol. The number of rotatable bonds is 65. The van der Waals surface area contributed by atoms with Crippen LogP contribution in [0.4, 0.5) is 0 Å². The summed E-state index contributed by atoms with van der Waals surface area (Å²) in [4.78, 5) is 38.4. The molecule has 0 N–H and O–H groups in total. The highest BCUT2D eigenvalue weighted by molar-refractivity contribution is 5.71. The van der Waals surface area contributed by atoms with Gasteiger partial charge in [-0.25, -0.2) is 0 Å². The van der Waals surface area contributed by atoms with Crippen LogP contribution in [0.1, 0.15) is 355 Å². The molecule has 0 aromatic heterocycles. The molecule has 1 atom stereocenters. The largest absolute Gasteiger partial charge is 0.462 e. The first-order chi connectivity index (χ1) is 41.0. The zero-order valence-electron chi connectivity index (χ0n) is 54.9. The van der Waals surface area contributed by atoms with Gasteiger partial charge < -0.3 is 14.2 Å². The summed E-state index contributed by atoms with van der Waals surface area (Å²) in [6.07, 6.45) is 95.9. The molecule has 478 valence electrons. The number of hydrogen-bond acceptors (Lipinski definition) is 6. The lowest BCUT2D eigenvalue weighted by atomic mass is 10.0. The van der Waals surface area contributed by atoms with Gasteiger partial charge in [0.1, 0.15) is 13.2 Å². The first-order valence-corrected chi connectivity index (χ1v) is 35.7. The van der Waals surface area contributed by atoms with Crippen molar-refractivity contribution in [2.45, 2.75) is 361 Å². The predicted octanol–water partition coefficient (Wildman–Crippen LogP) is 24.8. The second-order valence-electron chi connectivity index (χ2n) is 23.8. The van der Waals surface area contributed by atoms with Gasteiger partial charge in [-0.3, -0.25) is 14.4 Å². The Morgan fingerprint density at radius 2 is 0.482 bits per heavy atom. The average Bonchev–Trinajstić information content (AvgIpc) is 3.49. The number of esters is 3. The second-order valence-corrected chi connectivity index (χ2v) is 23.8. The van der Waals surface area contributed by atoms with Gasteiger partial charge >= 0.3 is 17.9 Å². The Kier molecular flexibility index (Phi) is 67.7. The Bertz CT molecular complexity index is 1610. The highest BCUT2D eigenvalue weighted by Crippen LogP contribution is 2.17. The van der Waals surface area contributed by atoms with Crippen LogP contribution in [0.3, 0.4) is 0 Å². The molecule has 83 heavy (non-hydrogen) atoms. The van der Waals surface area contributed by atoms with E-state index >= 15 is 0 Å². The van der Waals surface area contributed by atoms with Gasteiger partial charge in [0.2, 0.25) is 0 Å². The number of carbonyl (C=O) groups is 3. The molecule has 0 aromatic carbocycles. The molecule has 0 aliphatic rings. The highest BCUT2D eigenvalue weighted by atomic mass is 16.6.